The zero-order valence-corrected chi connectivity index (χ0v) is 15.6. The average Bonchev–Trinajstić information content (AvgIpc) is 2.92. The van der Waals surface area contributed by atoms with E-state index in [2.05, 4.69) is 51.8 Å². The van der Waals surface area contributed by atoms with E-state index in [0.717, 1.165) is 15.9 Å². The molecule has 0 spiro atoms. The van der Waals surface area contributed by atoms with E-state index in [4.69, 9.17) is 0 Å². The number of rotatable bonds is 8. The van der Waals surface area contributed by atoms with Crippen molar-refractivity contribution in [1.29, 1.82) is 0 Å². The normalized spacial score (nSPS) is 10.7. The van der Waals surface area contributed by atoms with Crippen molar-refractivity contribution in [2.75, 3.05) is 13.1 Å². The molecule has 0 aliphatic rings. The summed E-state index contributed by atoms with van der Waals surface area (Å²) in [5.74, 6) is 0.0331. The Balaban J connectivity index is 1.87. The summed E-state index contributed by atoms with van der Waals surface area (Å²) in [5.41, 5.74) is 2.34. The van der Waals surface area contributed by atoms with Crippen LogP contribution in [0.25, 0.3) is 0 Å². The highest BCUT2D eigenvalue weighted by atomic mass is 79.9. The molecule has 2 rings (SSSR count). The zero-order chi connectivity index (χ0) is 16.7. The molecular weight excluding hydrogens is 372 g/mol. The highest BCUT2D eigenvalue weighted by Gasteiger charge is 2.11. The maximum Gasteiger partial charge on any atom is 0.234 e. The second-order valence-electron chi connectivity index (χ2n) is 5.37. The van der Waals surface area contributed by atoms with E-state index in [1.807, 2.05) is 30.3 Å². The molecule has 1 N–H and O–H groups in total. The van der Waals surface area contributed by atoms with E-state index in [0.29, 0.717) is 19.6 Å². The van der Waals surface area contributed by atoms with Crippen LogP contribution in [0, 0.1) is 6.92 Å². The average molecular weight is 393 g/mol. The maximum absolute atomic E-state index is 12.2. The molecule has 1 aromatic heterocycles. The fourth-order valence-corrected chi connectivity index (χ4v) is 3.81. The predicted octanol–water partition coefficient (Wildman–Crippen LogP) is 4.12. The number of amides is 1. The van der Waals surface area contributed by atoms with Crippen LogP contribution in [0.5, 0.6) is 0 Å². The molecule has 0 bridgehead atoms. The molecule has 122 valence electrons. The molecule has 3 nitrogen and oxygen atoms in total. The van der Waals surface area contributed by atoms with Gasteiger partial charge in [-0.2, -0.15) is 0 Å². The molecule has 0 aliphatic heterocycles. The topological polar surface area (TPSA) is 32.3 Å². The van der Waals surface area contributed by atoms with Crippen LogP contribution in [0.15, 0.2) is 52.8 Å². The number of aryl methyl sites for hydroxylation is 1. The van der Waals surface area contributed by atoms with E-state index in [-0.39, 0.29) is 5.91 Å². The lowest BCUT2D eigenvalue weighted by molar-refractivity contribution is -0.122. The molecule has 1 aromatic carbocycles. The maximum atomic E-state index is 12.2. The van der Waals surface area contributed by atoms with Gasteiger partial charge in [0, 0.05) is 24.5 Å². The van der Waals surface area contributed by atoms with Crippen LogP contribution in [-0.2, 0) is 17.9 Å². The number of halogens is 1. The second kappa shape index (κ2) is 9.01. The van der Waals surface area contributed by atoms with Crippen LogP contribution >= 0.6 is 27.3 Å². The third-order valence-corrected chi connectivity index (χ3v) is 5.11. The highest BCUT2D eigenvalue weighted by Crippen LogP contribution is 2.23. The van der Waals surface area contributed by atoms with Gasteiger partial charge < -0.3 is 5.32 Å². The minimum absolute atomic E-state index is 0.0331. The van der Waals surface area contributed by atoms with Crippen molar-refractivity contribution >= 4 is 33.2 Å². The fourth-order valence-electron chi connectivity index (χ4n) is 2.29. The first-order chi connectivity index (χ1) is 11.1. The summed E-state index contributed by atoms with van der Waals surface area (Å²) >= 11 is 5.16. The highest BCUT2D eigenvalue weighted by molar-refractivity contribution is 9.11. The monoisotopic (exact) mass is 392 g/mol. The molecule has 0 aliphatic carbocycles. The Bertz CT molecular complexity index is 669. The molecule has 23 heavy (non-hydrogen) atoms. The van der Waals surface area contributed by atoms with Crippen LogP contribution < -0.4 is 5.32 Å². The molecule has 1 heterocycles. The predicted molar refractivity (Wildman–Crippen MR) is 101 cm³/mol. The van der Waals surface area contributed by atoms with Crippen molar-refractivity contribution in [2.24, 2.45) is 0 Å². The lowest BCUT2D eigenvalue weighted by atomic mass is 10.1. The molecule has 1 amide bonds. The summed E-state index contributed by atoms with van der Waals surface area (Å²) in [6.45, 7) is 8.21. The standard InChI is InChI=1S/C18H21BrN2OS/c1-3-10-21(12-16-8-9-17(19)23-16)13-18(22)20-11-15-7-5-4-6-14(15)2/h3-9H,1,10-13H2,2H3,(H,20,22). The molecular formula is C18H21BrN2OS. The summed E-state index contributed by atoms with van der Waals surface area (Å²) in [5, 5.41) is 3.00. The number of carbonyl (C=O) groups excluding carboxylic acids is 1. The van der Waals surface area contributed by atoms with Crippen molar-refractivity contribution < 1.29 is 4.79 Å². The Morgan fingerprint density at radius 2 is 2.13 bits per heavy atom. The Morgan fingerprint density at radius 1 is 1.35 bits per heavy atom. The van der Waals surface area contributed by atoms with Gasteiger partial charge in [-0.1, -0.05) is 30.3 Å². The molecule has 0 unspecified atom stereocenters. The lowest BCUT2D eigenvalue weighted by Gasteiger charge is -2.19. The summed E-state index contributed by atoms with van der Waals surface area (Å²) < 4.78 is 1.11. The molecule has 2 aromatic rings. The van der Waals surface area contributed by atoms with Crippen molar-refractivity contribution in [3.63, 3.8) is 0 Å². The Morgan fingerprint density at radius 3 is 2.78 bits per heavy atom. The van der Waals surface area contributed by atoms with Gasteiger partial charge in [-0.05, 0) is 46.1 Å². The number of hydrogen-bond donors (Lipinski definition) is 1. The first-order valence-electron chi connectivity index (χ1n) is 7.47. The molecule has 0 atom stereocenters. The summed E-state index contributed by atoms with van der Waals surface area (Å²) in [7, 11) is 0. The van der Waals surface area contributed by atoms with Crippen LogP contribution in [0.1, 0.15) is 16.0 Å². The third-order valence-electron chi connectivity index (χ3n) is 3.50. The first kappa shape index (κ1) is 17.9. The Labute approximate surface area is 150 Å². The number of nitrogens with one attached hydrogen (secondary N) is 1. The van der Waals surface area contributed by atoms with Gasteiger partial charge in [0.25, 0.3) is 0 Å². The smallest absolute Gasteiger partial charge is 0.234 e. The number of carbonyl (C=O) groups is 1. The van der Waals surface area contributed by atoms with Crippen LogP contribution in [0.4, 0.5) is 0 Å². The van der Waals surface area contributed by atoms with Crippen molar-refractivity contribution in [3.8, 4) is 0 Å². The van der Waals surface area contributed by atoms with Gasteiger partial charge in [-0.15, -0.1) is 17.9 Å². The molecule has 5 heteroatoms. The lowest BCUT2D eigenvalue weighted by Crippen LogP contribution is -2.36. The summed E-state index contributed by atoms with van der Waals surface area (Å²) in [6, 6.07) is 12.2. The summed E-state index contributed by atoms with van der Waals surface area (Å²) in [4.78, 5) is 15.5. The van der Waals surface area contributed by atoms with Crippen molar-refractivity contribution in [2.45, 2.75) is 20.0 Å². The van der Waals surface area contributed by atoms with E-state index >= 15 is 0 Å². The van der Waals surface area contributed by atoms with Crippen LogP contribution in [-0.4, -0.2) is 23.9 Å². The molecule has 0 radical (unpaired) electrons. The fraction of sp³-hybridized carbons (Fsp3) is 0.278. The van der Waals surface area contributed by atoms with Gasteiger partial charge in [0.1, 0.15) is 0 Å². The van der Waals surface area contributed by atoms with Gasteiger partial charge in [0.2, 0.25) is 5.91 Å². The Kier molecular flexibility index (Phi) is 7.02. The van der Waals surface area contributed by atoms with Gasteiger partial charge in [-0.3, -0.25) is 9.69 Å². The third kappa shape index (κ3) is 5.94. The van der Waals surface area contributed by atoms with Gasteiger partial charge in [0.15, 0.2) is 0 Å². The van der Waals surface area contributed by atoms with Gasteiger partial charge in [0.05, 0.1) is 10.3 Å². The van der Waals surface area contributed by atoms with E-state index in [1.165, 1.54) is 10.4 Å². The minimum atomic E-state index is 0.0331. The minimum Gasteiger partial charge on any atom is -0.351 e. The summed E-state index contributed by atoms with van der Waals surface area (Å²) in [6.07, 6.45) is 1.83. The SMILES string of the molecule is C=CCN(CC(=O)NCc1ccccc1C)Cc1ccc(Br)s1. The van der Waals surface area contributed by atoms with Crippen LogP contribution in [0.2, 0.25) is 0 Å². The largest absolute Gasteiger partial charge is 0.351 e. The quantitative estimate of drug-likeness (QED) is 0.685. The number of thiophene rings is 1. The Hall–Kier alpha value is -1.43. The van der Waals surface area contributed by atoms with Gasteiger partial charge in [-0.25, -0.2) is 0 Å². The first-order valence-corrected chi connectivity index (χ1v) is 9.08. The van der Waals surface area contributed by atoms with Crippen molar-refractivity contribution in [1.82, 2.24) is 10.2 Å². The second-order valence-corrected chi connectivity index (χ2v) is 7.91. The molecule has 0 fully saturated rings. The number of nitrogens with zero attached hydrogens (tertiary/aromatic N) is 1. The van der Waals surface area contributed by atoms with Crippen LogP contribution in [0.3, 0.4) is 0 Å². The van der Waals surface area contributed by atoms with Gasteiger partial charge >= 0.3 is 0 Å². The number of hydrogen-bond acceptors (Lipinski definition) is 3. The molecule has 0 saturated heterocycles. The van der Waals surface area contributed by atoms with Crippen molar-refractivity contribution in [3.05, 3.63) is 68.8 Å². The van der Waals surface area contributed by atoms with E-state index in [1.54, 1.807) is 11.3 Å². The van der Waals surface area contributed by atoms with E-state index < -0.39 is 0 Å². The zero-order valence-electron chi connectivity index (χ0n) is 13.2. The van der Waals surface area contributed by atoms with E-state index in [9.17, 15) is 4.79 Å². The molecule has 0 saturated carbocycles. The number of benzene rings is 1.